The minimum Gasteiger partial charge on any atom is -0.392 e. The molecule has 0 unspecified atom stereocenters. The summed E-state index contributed by atoms with van der Waals surface area (Å²) in [6.07, 6.45) is 0.328. The highest BCUT2D eigenvalue weighted by molar-refractivity contribution is 6.30. The Kier molecular flexibility index (Phi) is 8.37. The minimum atomic E-state index is -0.488. The van der Waals surface area contributed by atoms with Crippen LogP contribution < -0.4 is 10.9 Å². The maximum absolute atomic E-state index is 12.8. The number of aliphatic hydroxyl groups excluding tert-OH is 1. The summed E-state index contributed by atoms with van der Waals surface area (Å²) >= 11 is 6.03. The average Bonchev–Trinajstić information content (AvgIpc) is 2.78. The molecule has 0 aliphatic heterocycles. The third-order valence-electron chi connectivity index (χ3n) is 5.39. The van der Waals surface area contributed by atoms with Crippen LogP contribution in [0.5, 0.6) is 0 Å². The van der Waals surface area contributed by atoms with E-state index >= 15 is 0 Å². The van der Waals surface area contributed by atoms with E-state index in [-0.39, 0.29) is 42.4 Å². The van der Waals surface area contributed by atoms with Crippen molar-refractivity contribution < 1.29 is 14.8 Å². The van der Waals surface area contributed by atoms with Gasteiger partial charge in [0, 0.05) is 29.3 Å². The molecule has 3 N–H and O–H groups in total. The summed E-state index contributed by atoms with van der Waals surface area (Å²) in [7, 11) is 0. The van der Waals surface area contributed by atoms with Gasteiger partial charge >= 0.3 is 0 Å². The Hall–Kier alpha value is -3.56. The van der Waals surface area contributed by atoms with Crippen molar-refractivity contribution in [3.05, 3.63) is 90.0 Å². The summed E-state index contributed by atoms with van der Waals surface area (Å²) in [4.78, 5) is 43.7. The summed E-state index contributed by atoms with van der Waals surface area (Å²) in [6.45, 7) is 5.52. The highest BCUT2D eigenvalue weighted by atomic mass is 35.5. The Morgan fingerprint density at radius 2 is 1.97 bits per heavy atom. The van der Waals surface area contributed by atoms with E-state index in [1.54, 1.807) is 31.2 Å². The first-order chi connectivity index (χ1) is 16.6. The number of hydrogen-bond donors (Lipinski definition) is 3. The van der Waals surface area contributed by atoms with Gasteiger partial charge in [0.25, 0.3) is 11.2 Å². The van der Waals surface area contributed by atoms with Gasteiger partial charge in [0.05, 0.1) is 29.2 Å². The van der Waals surface area contributed by atoms with Crippen molar-refractivity contribution in [2.75, 3.05) is 0 Å². The molecule has 0 radical (unpaired) electrons. The highest BCUT2D eigenvalue weighted by Gasteiger charge is 2.20. The summed E-state index contributed by atoms with van der Waals surface area (Å²) in [5.41, 5.74) is 2.18. The third-order valence-corrected chi connectivity index (χ3v) is 5.63. The van der Waals surface area contributed by atoms with Gasteiger partial charge in [-0.2, -0.15) is 0 Å². The van der Waals surface area contributed by atoms with Crippen LogP contribution in [0.1, 0.15) is 41.9 Å². The summed E-state index contributed by atoms with van der Waals surface area (Å²) in [6, 6.07) is 9.63. The van der Waals surface area contributed by atoms with Gasteiger partial charge in [-0.15, -0.1) is 0 Å². The molecule has 0 aliphatic carbocycles. The van der Waals surface area contributed by atoms with Crippen LogP contribution in [-0.4, -0.2) is 25.9 Å². The largest absolute Gasteiger partial charge is 0.392 e. The van der Waals surface area contributed by atoms with E-state index in [0.29, 0.717) is 34.0 Å². The molecule has 0 fully saturated rings. The van der Waals surface area contributed by atoms with Crippen LogP contribution >= 0.6 is 11.6 Å². The first-order valence-corrected chi connectivity index (χ1v) is 11.5. The molecule has 10 heteroatoms. The fourth-order valence-electron chi connectivity index (χ4n) is 3.85. The van der Waals surface area contributed by atoms with Crippen molar-refractivity contribution in [1.29, 1.82) is 0 Å². The molecular formula is C25H27ClN4O5. The number of amides is 1. The second-order valence-corrected chi connectivity index (χ2v) is 9.18. The number of aryl methyl sites for hydroxylation is 1. The first kappa shape index (κ1) is 26.1. The van der Waals surface area contributed by atoms with E-state index in [9.17, 15) is 24.8 Å². The Morgan fingerprint density at radius 3 is 2.63 bits per heavy atom. The van der Waals surface area contributed by atoms with Gasteiger partial charge in [-0.25, -0.2) is 4.98 Å². The average molecular weight is 499 g/mol. The molecule has 0 bridgehead atoms. The number of benzene rings is 2. The maximum atomic E-state index is 12.8. The van der Waals surface area contributed by atoms with E-state index in [1.807, 2.05) is 13.8 Å². The number of non-ortho nitro benzene ring substituents is 1. The third kappa shape index (κ3) is 6.74. The van der Waals surface area contributed by atoms with Crippen LogP contribution in [0.4, 0.5) is 5.69 Å². The molecule has 0 aliphatic rings. The van der Waals surface area contributed by atoms with Crippen molar-refractivity contribution in [1.82, 2.24) is 15.3 Å². The second-order valence-electron chi connectivity index (χ2n) is 8.75. The topological polar surface area (TPSA) is 138 Å². The quantitative estimate of drug-likeness (QED) is 0.302. The number of nitro benzene ring substituents is 1. The number of aromatic amines is 1. The molecule has 0 atom stereocenters. The van der Waals surface area contributed by atoms with E-state index in [4.69, 9.17) is 11.6 Å². The van der Waals surface area contributed by atoms with Crippen LogP contribution in [0.15, 0.2) is 41.2 Å². The van der Waals surface area contributed by atoms with E-state index in [0.717, 1.165) is 5.56 Å². The zero-order chi connectivity index (χ0) is 25.7. The number of aromatic nitrogens is 2. The predicted octanol–water partition coefficient (Wildman–Crippen LogP) is 3.86. The smallest absolute Gasteiger partial charge is 0.270 e. The standard InChI is InChI=1S/C25H27ClN4O5/c1-14(2)6-16-7-18(10-21(8-16)30(34)35)24-22(25(33)29-15(3)28-24)11-23(32)27-12-19-9-20(26)5-4-17(19)13-31/h4-5,7-10,14,31H,6,11-13H2,1-3H3,(H,27,32)(H,28,29,33). The highest BCUT2D eigenvalue weighted by Crippen LogP contribution is 2.28. The number of nitrogens with one attached hydrogen (secondary N) is 2. The number of carbonyl (C=O) groups is 1. The molecule has 3 aromatic rings. The van der Waals surface area contributed by atoms with Gasteiger partial charge in [0.2, 0.25) is 5.91 Å². The number of halogens is 1. The number of rotatable bonds is 9. The Morgan fingerprint density at radius 1 is 1.23 bits per heavy atom. The Bertz CT molecular complexity index is 1320. The molecule has 9 nitrogen and oxygen atoms in total. The van der Waals surface area contributed by atoms with Crippen molar-refractivity contribution in [3.63, 3.8) is 0 Å². The Balaban J connectivity index is 1.95. The maximum Gasteiger partial charge on any atom is 0.270 e. The van der Waals surface area contributed by atoms with Gasteiger partial charge in [0.1, 0.15) is 5.82 Å². The van der Waals surface area contributed by atoms with Gasteiger partial charge in [0.15, 0.2) is 0 Å². The lowest BCUT2D eigenvalue weighted by molar-refractivity contribution is -0.384. The van der Waals surface area contributed by atoms with E-state index < -0.39 is 16.4 Å². The molecule has 1 heterocycles. The molecular weight excluding hydrogens is 472 g/mol. The number of H-pyrrole nitrogens is 1. The second kappa shape index (κ2) is 11.2. The van der Waals surface area contributed by atoms with Crippen molar-refractivity contribution >= 4 is 23.2 Å². The molecule has 0 saturated heterocycles. The first-order valence-electron chi connectivity index (χ1n) is 11.1. The molecule has 1 amide bonds. The van der Waals surface area contributed by atoms with Crippen molar-refractivity contribution in [2.45, 2.75) is 46.8 Å². The number of nitro groups is 1. The molecule has 184 valence electrons. The lowest BCUT2D eigenvalue weighted by atomic mass is 9.97. The van der Waals surface area contributed by atoms with E-state index in [2.05, 4.69) is 15.3 Å². The number of hydrogen-bond acceptors (Lipinski definition) is 6. The lowest BCUT2D eigenvalue weighted by Gasteiger charge is -2.13. The zero-order valence-corrected chi connectivity index (χ0v) is 20.5. The molecule has 2 aromatic carbocycles. The number of carbonyl (C=O) groups excluding carboxylic acids is 1. The lowest BCUT2D eigenvalue weighted by Crippen LogP contribution is -2.29. The summed E-state index contributed by atoms with van der Waals surface area (Å²) in [5.74, 6) is 0.149. The SMILES string of the molecule is Cc1nc(-c2cc(CC(C)C)cc([N+](=O)[O-])c2)c(CC(=O)NCc2cc(Cl)ccc2CO)c(=O)[nH]1. The van der Waals surface area contributed by atoms with Crippen LogP contribution in [0.3, 0.4) is 0 Å². The summed E-state index contributed by atoms with van der Waals surface area (Å²) < 4.78 is 0. The fourth-order valence-corrected chi connectivity index (χ4v) is 4.04. The Labute approximate surface area is 207 Å². The zero-order valence-electron chi connectivity index (χ0n) is 19.7. The fraction of sp³-hybridized carbons (Fsp3) is 0.320. The van der Waals surface area contributed by atoms with Gasteiger partial charge in [-0.1, -0.05) is 31.5 Å². The summed E-state index contributed by atoms with van der Waals surface area (Å²) in [5, 5.41) is 24.3. The number of aliphatic hydroxyl groups is 1. The van der Waals surface area contributed by atoms with Crippen LogP contribution in [0, 0.1) is 23.0 Å². The van der Waals surface area contributed by atoms with E-state index in [1.165, 1.54) is 12.1 Å². The molecule has 3 rings (SSSR count). The predicted molar refractivity (Wildman–Crippen MR) is 133 cm³/mol. The van der Waals surface area contributed by atoms with Gasteiger partial charge in [-0.3, -0.25) is 19.7 Å². The minimum absolute atomic E-state index is 0.106. The molecule has 0 saturated carbocycles. The molecule has 0 spiro atoms. The molecule has 35 heavy (non-hydrogen) atoms. The van der Waals surface area contributed by atoms with Crippen LogP contribution in [0.2, 0.25) is 5.02 Å². The van der Waals surface area contributed by atoms with Crippen LogP contribution in [0.25, 0.3) is 11.3 Å². The van der Waals surface area contributed by atoms with Crippen LogP contribution in [-0.2, 0) is 30.8 Å². The van der Waals surface area contributed by atoms with Crippen molar-refractivity contribution in [2.24, 2.45) is 5.92 Å². The normalized spacial score (nSPS) is 11.0. The van der Waals surface area contributed by atoms with Gasteiger partial charge in [-0.05, 0) is 54.2 Å². The van der Waals surface area contributed by atoms with Crippen molar-refractivity contribution in [3.8, 4) is 11.3 Å². The number of nitrogens with zero attached hydrogens (tertiary/aromatic N) is 2. The van der Waals surface area contributed by atoms with Gasteiger partial charge < -0.3 is 15.4 Å². The molecule has 1 aromatic heterocycles. The monoisotopic (exact) mass is 498 g/mol.